The maximum Gasteiger partial charge on any atom is 0.275 e. The van der Waals surface area contributed by atoms with Gasteiger partial charge in [0, 0.05) is 11.8 Å². The molecule has 2 aliphatic rings. The number of aromatic nitrogens is 4. The van der Waals surface area contributed by atoms with Gasteiger partial charge in [-0.1, -0.05) is 13.0 Å². The number of hydrogen-bond donors (Lipinski definition) is 1. The number of amides is 1. The Morgan fingerprint density at radius 1 is 1.48 bits per heavy atom. The first kappa shape index (κ1) is 14.1. The summed E-state index contributed by atoms with van der Waals surface area (Å²) in [4.78, 5) is 28.6. The minimum atomic E-state index is -0.496. The van der Waals surface area contributed by atoms with E-state index in [2.05, 4.69) is 10.1 Å². The fourth-order valence-electron chi connectivity index (χ4n) is 3.35. The first-order chi connectivity index (χ1) is 11.1. The molecule has 2 atom stereocenters. The molecule has 4 rings (SSSR count). The molecule has 0 radical (unpaired) electrons. The summed E-state index contributed by atoms with van der Waals surface area (Å²) in [6, 6.07) is 1.03. The van der Waals surface area contributed by atoms with Gasteiger partial charge in [-0.05, 0) is 24.3 Å². The monoisotopic (exact) mass is 315 g/mol. The number of carbonyl (C=O) groups is 1. The minimum absolute atomic E-state index is 0.0765. The van der Waals surface area contributed by atoms with Crippen LogP contribution < -0.4 is 11.3 Å². The second-order valence-corrected chi connectivity index (χ2v) is 6.03. The lowest BCUT2D eigenvalue weighted by Gasteiger charge is -2.11. The van der Waals surface area contributed by atoms with Gasteiger partial charge in [-0.15, -0.1) is 5.10 Å². The van der Waals surface area contributed by atoms with Crippen molar-refractivity contribution < 1.29 is 9.53 Å². The van der Waals surface area contributed by atoms with Crippen LogP contribution in [0.3, 0.4) is 0 Å². The van der Waals surface area contributed by atoms with Crippen LogP contribution >= 0.6 is 0 Å². The molecule has 0 saturated heterocycles. The molecule has 0 spiro atoms. The number of nitrogens with two attached hydrogens (primary N) is 1. The molecule has 8 nitrogen and oxygen atoms in total. The van der Waals surface area contributed by atoms with Crippen LogP contribution in [0.15, 0.2) is 16.9 Å². The van der Waals surface area contributed by atoms with Crippen molar-refractivity contribution in [3.63, 3.8) is 0 Å². The summed E-state index contributed by atoms with van der Waals surface area (Å²) in [6.45, 7) is 3.10. The normalized spacial score (nSPS) is 23.8. The van der Waals surface area contributed by atoms with Crippen molar-refractivity contribution in [2.24, 2.45) is 5.73 Å². The van der Waals surface area contributed by atoms with Crippen LogP contribution in [0.4, 0.5) is 0 Å². The Morgan fingerprint density at radius 2 is 2.30 bits per heavy atom. The second kappa shape index (κ2) is 5.02. The highest BCUT2D eigenvalue weighted by atomic mass is 16.5. The molecule has 2 aromatic rings. The molecule has 0 saturated carbocycles. The highest BCUT2D eigenvalue weighted by Crippen LogP contribution is 2.36. The predicted molar refractivity (Wildman–Crippen MR) is 81.9 cm³/mol. The molecule has 0 fully saturated rings. The van der Waals surface area contributed by atoms with Crippen molar-refractivity contribution in [3.8, 4) is 0 Å². The Hall–Kier alpha value is -2.48. The van der Waals surface area contributed by atoms with E-state index in [1.54, 1.807) is 4.57 Å². The highest BCUT2D eigenvalue weighted by molar-refractivity contribution is 5.80. The third kappa shape index (κ3) is 2.09. The van der Waals surface area contributed by atoms with Crippen LogP contribution in [0.25, 0.3) is 11.4 Å². The lowest BCUT2D eigenvalue weighted by molar-refractivity contribution is -0.120. The topological polar surface area (TPSA) is 105 Å². The zero-order valence-electron chi connectivity index (χ0n) is 12.7. The second-order valence-electron chi connectivity index (χ2n) is 6.03. The summed E-state index contributed by atoms with van der Waals surface area (Å²) in [7, 11) is 0. The Labute approximate surface area is 131 Å². The van der Waals surface area contributed by atoms with E-state index in [4.69, 9.17) is 10.5 Å². The van der Waals surface area contributed by atoms with E-state index in [0.29, 0.717) is 37.7 Å². The minimum Gasteiger partial charge on any atom is -0.377 e. The van der Waals surface area contributed by atoms with Gasteiger partial charge in [0.2, 0.25) is 11.7 Å². The van der Waals surface area contributed by atoms with Crippen molar-refractivity contribution >= 4 is 17.3 Å². The van der Waals surface area contributed by atoms with E-state index in [-0.39, 0.29) is 11.5 Å². The SMILES string of the molecule is CC1CC(C(N)=O)n2c1cc(=O)n1nc(C3=CCOCC3)nc21. The maximum atomic E-state index is 12.3. The summed E-state index contributed by atoms with van der Waals surface area (Å²) in [5, 5.41) is 4.33. The van der Waals surface area contributed by atoms with Crippen molar-refractivity contribution in [2.45, 2.75) is 31.7 Å². The van der Waals surface area contributed by atoms with E-state index in [1.165, 1.54) is 10.6 Å². The van der Waals surface area contributed by atoms with E-state index < -0.39 is 11.9 Å². The highest BCUT2D eigenvalue weighted by Gasteiger charge is 2.34. The van der Waals surface area contributed by atoms with E-state index in [0.717, 1.165) is 11.3 Å². The van der Waals surface area contributed by atoms with Crippen LogP contribution in [0, 0.1) is 0 Å². The van der Waals surface area contributed by atoms with Gasteiger partial charge in [0.05, 0.1) is 13.2 Å². The molecule has 1 amide bonds. The first-order valence-electron chi connectivity index (χ1n) is 7.65. The van der Waals surface area contributed by atoms with E-state index in [1.807, 2.05) is 13.0 Å². The quantitative estimate of drug-likeness (QED) is 0.854. The van der Waals surface area contributed by atoms with Crippen LogP contribution in [0.1, 0.15) is 43.2 Å². The fraction of sp³-hybridized carbons (Fsp3) is 0.467. The van der Waals surface area contributed by atoms with Gasteiger partial charge in [-0.3, -0.25) is 9.59 Å². The van der Waals surface area contributed by atoms with Crippen LogP contribution in [0.5, 0.6) is 0 Å². The zero-order valence-corrected chi connectivity index (χ0v) is 12.7. The Bertz CT molecular complexity index is 894. The molecule has 8 heteroatoms. The number of primary amides is 1. The summed E-state index contributed by atoms with van der Waals surface area (Å²) >= 11 is 0. The van der Waals surface area contributed by atoms with Gasteiger partial charge >= 0.3 is 0 Å². The molecule has 2 unspecified atom stereocenters. The maximum absolute atomic E-state index is 12.3. The third-order valence-corrected chi connectivity index (χ3v) is 4.54. The third-order valence-electron chi connectivity index (χ3n) is 4.54. The number of carbonyl (C=O) groups excluding carboxylic acids is 1. The standard InChI is InChI=1S/C15H17N5O3/c1-8-6-11(13(16)22)19-10(8)7-12(21)20-15(19)17-14(18-20)9-2-4-23-5-3-9/h2,7-8,11H,3-6H2,1H3,(H2,16,22). The predicted octanol–water partition coefficient (Wildman–Crippen LogP) is 0.228. The average molecular weight is 315 g/mol. The smallest absolute Gasteiger partial charge is 0.275 e. The lowest BCUT2D eigenvalue weighted by atomic mass is 10.0. The van der Waals surface area contributed by atoms with Crippen molar-refractivity contribution in [3.05, 3.63) is 34.0 Å². The molecule has 120 valence electrons. The van der Waals surface area contributed by atoms with Crippen molar-refractivity contribution in [1.82, 2.24) is 19.2 Å². The fourth-order valence-corrected chi connectivity index (χ4v) is 3.35. The van der Waals surface area contributed by atoms with Gasteiger partial charge in [0.15, 0.2) is 5.82 Å². The Morgan fingerprint density at radius 3 is 3.00 bits per heavy atom. The van der Waals surface area contributed by atoms with Crippen LogP contribution in [-0.2, 0) is 9.53 Å². The van der Waals surface area contributed by atoms with Gasteiger partial charge < -0.3 is 15.0 Å². The summed E-state index contributed by atoms with van der Waals surface area (Å²) < 4.78 is 8.30. The number of rotatable bonds is 2. The van der Waals surface area contributed by atoms with E-state index in [9.17, 15) is 9.59 Å². The van der Waals surface area contributed by atoms with Gasteiger partial charge in [-0.2, -0.15) is 9.50 Å². The number of nitrogens with zero attached hydrogens (tertiary/aromatic N) is 4. The van der Waals surface area contributed by atoms with Crippen LogP contribution in [0.2, 0.25) is 0 Å². The molecule has 2 N–H and O–H groups in total. The summed E-state index contributed by atoms with van der Waals surface area (Å²) in [5.41, 5.74) is 7.03. The number of hydrogen-bond acceptors (Lipinski definition) is 5. The van der Waals surface area contributed by atoms with Gasteiger partial charge in [-0.25, -0.2) is 0 Å². The molecule has 0 bridgehead atoms. The Balaban J connectivity index is 1.96. The molecule has 2 aliphatic heterocycles. The first-order valence-corrected chi connectivity index (χ1v) is 7.65. The van der Waals surface area contributed by atoms with E-state index >= 15 is 0 Å². The number of ether oxygens (including phenoxy) is 1. The molecule has 23 heavy (non-hydrogen) atoms. The zero-order chi connectivity index (χ0) is 16.1. The molecule has 0 aliphatic carbocycles. The van der Waals surface area contributed by atoms with Crippen molar-refractivity contribution in [1.29, 1.82) is 0 Å². The lowest BCUT2D eigenvalue weighted by Crippen LogP contribution is -2.27. The summed E-state index contributed by atoms with van der Waals surface area (Å²) in [5.74, 6) is 0.542. The largest absolute Gasteiger partial charge is 0.377 e. The molecular weight excluding hydrogens is 298 g/mol. The summed E-state index contributed by atoms with van der Waals surface area (Å²) in [6.07, 6.45) is 3.20. The van der Waals surface area contributed by atoms with Crippen LogP contribution in [-0.4, -0.2) is 38.3 Å². The Kier molecular flexibility index (Phi) is 3.08. The van der Waals surface area contributed by atoms with Gasteiger partial charge in [0.25, 0.3) is 5.56 Å². The molecule has 2 aromatic heterocycles. The molecular formula is C15H17N5O3. The van der Waals surface area contributed by atoms with Gasteiger partial charge in [0.1, 0.15) is 6.04 Å². The van der Waals surface area contributed by atoms with Crippen molar-refractivity contribution in [2.75, 3.05) is 13.2 Å². The number of fused-ring (bicyclic) bond motifs is 3. The molecule has 0 aromatic carbocycles. The average Bonchev–Trinajstić information content (AvgIpc) is 3.11. The molecule has 4 heterocycles.